The molecule has 0 radical (unpaired) electrons. The molecule has 4 aromatic rings. The molecule has 0 unspecified atom stereocenters. The molecule has 1 aliphatic rings. The number of urea groups is 1. The number of tetrazole rings is 1. The van der Waals surface area contributed by atoms with Gasteiger partial charge in [-0.3, -0.25) is 4.90 Å². The molecule has 0 bridgehead atoms. The second-order valence-electron chi connectivity index (χ2n) is 10.6. The second kappa shape index (κ2) is 15.1. The minimum atomic E-state index is -2.11. The summed E-state index contributed by atoms with van der Waals surface area (Å²) in [6.07, 6.45) is 1.76. The average Bonchev–Trinajstić information content (AvgIpc) is 3.82. The van der Waals surface area contributed by atoms with Crippen molar-refractivity contribution in [2.45, 2.75) is 51.8 Å². The van der Waals surface area contributed by atoms with E-state index < -0.39 is 47.5 Å². The molecule has 0 saturated carbocycles. The molecule has 1 N–H and O–H groups in total. The molecule has 5 rings (SSSR count). The van der Waals surface area contributed by atoms with Crippen molar-refractivity contribution in [2.24, 2.45) is 0 Å². The fraction of sp³-hybridized carbons (Fsp3) is 0.379. The Labute approximate surface area is 278 Å². The van der Waals surface area contributed by atoms with Crippen LogP contribution >= 0.6 is 0 Å². The smallest absolute Gasteiger partial charge is 0.512 e. The lowest BCUT2D eigenvalue weighted by atomic mass is 9.85. The highest BCUT2D eigenvalue weighted by Gasteiger charge is 2.48. The van der Waals surface area contributed by atoms with E-state index in [9.17, 15) is 23.9 Å². The van der Waals surface area contributed by atoms with Crippen LogP contribution in [-0.4, -0.2) is 89.9 Å². The van der Waals surface area contributed by atoms with Crippen LogP contribution in [0.2, 0.25) is 0 Å². The van der Waals surface area contributed by atoms with E-state index in [0.717, 1.165) is 12.1 Å². The van der Waals surface area contributed by atoms with Crippen molar-refractivity contribution in [3.8, 4) is 5.69 Å². The second-order valence-corrected chi connectivity index (χ2v) is 10.6. The van der Waals surface area contributed by atoms with Crippen LogP contribution in [0, 0.1) is 11.6 Å². The average molecular weight is 692 g/mol. The lowest BCUT2D eigenvalue weighted by molar-refractivity contribution is -0.765. The summed E-state index contributed by atoms with van der Waals surface area (Å²) in [7, 11) is 0. The van der Waals surface area contributed by atoms with Crippen LogP contribution in [0.25, 0.3) is 5.69 Å². The fourth-order valence-electron chi connectivity index (χ4n) is 5.13. The Morgan fingerprint density at radius 1 is 1.06 bits per heavy atom. The van der Waals surface area contributed by atoms with Crippen molar-refractivity contribution in [1.29, 1.82) is 0 Å². The Morgan fingerprint density at radius 3 is 2.46 bits per heavy atom. The molecule has 16 nitrogen and oxygen atoms in total. The molecule has 3 atom stereocenters. The standard InChI is InChI=1S/C29H32F2N9O7.ClH/c1-4-45-26(41)19(2)47-28(43)46-18-36-16-33-37(17-36)14-29(44,24-10-5-21(30)13-25(24)31)20(3)38-11-12-39(27(38)42)22-6-8-23(9-7-22)40-15-32-34-35-40;/h5-10,13,15-17,19-20,44H,4,11-12,14,18H2,1-3H3;1H/q+1;/p-1/t19-,20+,29+;/m0./s1. The van der Waals surface area contributed by atoms with E-state index in [4.69, 9.17) is 14.2 Å². The van der Waals surface area contributed by atoms with Crippen LogP contribution < -0.4 is 22.0 Å². The Kier molecular flexibility index (Phi) is 11.2. The van der Waals surface area contributed by atoms with Crippen LogP contribution in [0.5, 0.6) is 0 Å². The van der Waals surface area contributed by atoms with Crippen LogP contribution in [-0.2, 0) is 37.9 Å². The number of ether oxygens (including phenoxy) is 3. The summed E-state index contributed by atoms with van der Waals surface area (Å²) >= 11 is 0. The zero-order chi connectivity index (χ0) is 33.7. The van der Waals surface area contributed by atoms with Gasteiger partial charge in [-0.15, -0.1) is 9.78 Å². The summed E-state index contributed by atoms with van der Waals surface area (Å²) in [5.41, 5.74) is -1.09. The molecule has 2 aromatic carbocycles. The molecule has 2 aromatic heterocycles. The van der Waals surface area contributed by atoms with E-state index in [0.29, 0.717) is 17.4 Å². The number of nitrogens with zero attached hydrogens (tertiary/aromatic N) is 9. The molecular weight excluding hydrogens is 660 g/mol. The third-order valence-electron chi connectivity index (χ3n) is 7.63. The van der Waals surface area contributed by atoms with E-state index in [1.807, 2.05) is 0 Å². The summed E-state index contributed by atoms with van der Waals surface area (Å²) in [5.74, 6) is -2.58. The van der Waals surface area contributed by atoms with Gasteiger partial charge >= 0.3 is 18.2 Å². The SMILES string of the molecule is CCOC(=O)[C@H](C)OC(=O)OCn1cn[n+](C[C@](O)(c2ccc(F)cc2F)[C@@H](C)N2CCN(c3ccc(-n4cnnn4)cc3)C2=O)c1.[Cl-]. The molecular formula is C29H32ClF2N9O7. The predicted octanol–water partition coefficient (Wildman–Crippen LogP) is -1.29. The number of aromatic nitrogens is 7. The van der Waals surface area contributed by atoms with Gasteiger partial charge < -0.3 is 36.6 Å². The van der Waals surface area contributed by atoms with Crippen molar-refractivity contribution in [3.63, 3.8) is 0 Å². The number of esters is 1. The van der Waals surface area contributed by atoms with Gasteiger partial charge in [-0.1, -0.05) is 6.07 Å². The van der Waals surface area contributed by atoms with Gasteiger partial charge in [0, 0.05) is 30.4 Å². The number of hydrogen-bond acceptors (Lipinski definition) is 11. The zero-order valence-corrected chi connectivity index (χ0v) is 26.8. The monoisotopic (exact) mass is 691 g/mol. The van der Waals surface area contributed by atoms with Crippen molar-refractivity contribution < 1.29 is 59.6 Å². The first-order valence-electron chi connectivity index (χ1n) is 14.5. The maximum atomic E-state index is 15.2. The summed E-state index contributed by atoms with van der Waals surface area (Å²) in [6, 6.07) is 8.26. The van der Waals surface area contributed by atoms with Gasteiger partial charge in [0.1, 0.15) is 24.5 Å². The van der Waals surface area contributed by atoms with Gasteiger partial charge in [0.05, 0.1) is 18.3 Å². The molecule has 0 spiro atoms. The molecule has 0 aliphatic carbocycles. The largest absolute Gasteiger partial charge is 1.00 e. The Balaban J connectivity index is 0.00000520. The third kappa shape index (κ3) is 7.66. The Hall–Kier alpha value is -5.23. The highest BCUT2D eigenvalue weighted by Crippen LogP contribution is 2.34. The highest BCUT2D eigenvalue weighted by molar-refractivity contribution is 5.94. The normalized spacial score (nSPS) is 15.3. The third-order valence-corrected chi connectivity index (χ3v) is 7.63. The molecule has 3 heterocycles. The Morgan fingerprint density at radius 2 is 1.79 bits per heavy atom. The van der Waals surface area contributed by atoms with Crippen molar-refractivity contribution in [2.75, 3.05) is 24.6 Å². The minimum absolute atomic E-state index is 0. The summed E-state index contributed by atoms with van der Waals surface area (Å²) in [5, 5.41) is 27.4. The predicted molar refractivity (Wildman–Crippen MR) is 154 cm³/mol. The quantitative estimate of drug-likeness (QED) is 0.139. The van der Waals surface area contributed by atoms with E-state index >= 15 is 4.39 Å². The van der Waals surface area contributed by atoms with E-state index in [-0.39, 0.29) is 50.9 Å². The van der Waals surface area contributed by atoms with Crippen LogP contribution in [0.4, 0.5) is 24.1 Å². The lowest BCUT2D eigenvalue weighted by Gasteiger charge is -2.38. The lowest BCUT2D eigenvalue weighted by Crippen LogP contribution is -3.00. The van der Waals surface area contributed by atoms with Gasteiger partial charge in [-0.25, -0.2) is 27.8 Å². The van der Waals surface area contributed by atoms with Crippen LogP contribution in [0.1, 0.15) is 26.3 Å². The number of benzene rings is 2. The van der Waals surface area contributed by atoms with Gasteiger partial charge in [0.2, 0.25) is 13.1 Å². The van der Waals surface area contributed by atoms with E-state index in [1.54, 1.807) is 38.1 Å². The molecule has 256 valence electrons. The first-order chi connectivity index (χ1) is 22.5. The minimum Gasteiger partial charge on any atom is -1.00 e. The van der Waals surface area contributed by atoms with E-state index in [2.05, 4.69) is 20.6 Å². The summed E-state index contributed by atoms with van der Waals surface area (Å²) in [6.45, 7) is 4.34. The molecule has 1 saturated heterocycles. The first-order valence-corrected chi connectivity index (χ1v) is 14.5. The van der Waals surface area contributed by atoms with Crippen molar-refractivity contribution >= 4 is 23.8 Å². The number of anilines is 1. The zero-order valence-electron chi connectivity index (χ0n) is 26.0. The summed E-state index contributed by atoms with van der Waals surface area (Å²) in [4.78, 5) is 40.3. The topological polar surface area (TPSA) is 171 Å². The molecule has 1 aliphatic heterocycles. The number of aliphatic hydroxyl groups is 1. The number of hydrogen-bond donors (Lipinski definition) is 1. The molecule has 2 amide bonds. The summed E-state index contributed by atoms with van der Waals surface area (Å²) < 4.78 is 47.9. The van der Waals surface area contributed by atoms with Gasteiger partial charge in [-0.05, 0) is 66.6 Å². The van der Waals surface area contributed by atoms with Crippen LogP contribution in [0.3, 0.4) is 0 Å². The number of carbonyl (C=O) groups excluding carboxylic acids is 3. The number of halogens is 3. The Bertz CT molecular complexity index is 1730. The molecule has 19 heteroatoms. The number of rotatable bonds is 12. The molecule has 1 fully saturated rings. The van der Waals surface area contributed by atoms with Crippen LogP contribution in [0.15, 0.2) is 61.4 Å². The van der Waals surface area contributed by atoms with Gasteiger partial charge in [-0.2, -0.15) is 4.57 Å². The molecule has 48 heavy (non-hydrogen) atoms. The van der Waals surface area contributed by atoms with Crippen molar-refractivity contribution in [1.82, 2.24) is 34.8 Å². The van der Waals surface area contributed by atoms with Gasteiger partial charge in [0.25, 0.3) is 6.33 Å². The van der Waals surface area contributed by atoms with Crippen molar-refractivity contribution in [3.05, 3.63) is 78.6 Å². The number of carbonyl (C=O) groups is 3. The highest BCUT2D eigenvalue weighted by atomic mass is 35.5. The first kappa shape index (κ1) is 35.6. The maximum absolute atomic E-state index is 15.2. The van der Waals surface area contributed by atoms with Gasteiger partial charge in [0.15, 0.2) is 11.7 Å². The van der Waals surface area contributed by atoms with E-state index in [1.165, 1.54) is 49.6 Å². The maximum Gasteiger partial charge on any atom is 0.512 e. The fourth-order valence-corrected chi connectivity index (χ4v) is 5.13. The number of amides is 2.